The zero-order valence-electron chi connectivity index (χ0n) is 9.67. The van der Waals surface area contributed by atoms with E-state index in [0.717, 1.165) is 12.8 Å². The van der Waals surface area contributed by atoms with Crippen molar-refractivity contribution < 1.29 is 9.59 Å². The van der Waals surface area contributed by atoms with Crippen LogP contribution in [-0.2, 0) is 9.59 Å². The van der Waals surface area contributed by atoms with Crippen LogP contribution in [0.1, 0.15) is 33.6 Å². The first kappa shape index (κ1) is 13.6. The summed E-state index contributed by atoms with van der Waals surface area (Å²) in [6, 6.07) is 0. The molecule has 0 aromatic rings. The third kappa shape index (κ3) is 4.54. The molecule has 0 aliphatic heterocycles. The lowest BCUT2D eigenvalue weighted by molar-refractivity contribution is -0.115. The summed E-state index contributed by atoms with van der Waals surface area (Å²) in [5.74, 6) is -0.304. The molecule has 0 N–H and O–H groups in total. The predicted octanol–water partition coefficient (Wildman–Crippen LogP) is 3.00. The molecule has 0 spiro atoms. The SMILES string of the molecule is C=C(C(=O)/C=C\C)/C(=C\CCC)C(C)=O. The van der Waals surface area contributed by atoms with E-state index in [-0.39, 0.29) is 17.1 Å². The smallest absolute Gasteiger partial charge is 0.185 e. The van der Waals surface area contributed by atoms with Gasteiger partial charge in [-0.15, -0.1) is 0 Å². The third-order valence-electron chi connectivity index (χ3n) is 1.96. The first-order chi connectivity index (χ1) is 7.04. The molecule has 0 atom stereocenters. The second-order valence-corrected chi connectivity index (χ2v) is 3.31. The molecule has 82 valence electrons. The number of unbranched alkanes of at least 4 members (excludes halogenated alkanes) is 1. The summed E-state index contributed by atoms with van der Waals surface area (Å²) < 4.78 is 0. The van der Waals surface area contributed by atoms with Crippen LogP contribution in [-0.4, -0.2) is 11.6 Å². The van der Waals surface area contributed by atoms with Crippen molar-refractivity contribution in [2.45, 2.75) is 33.6 Å². The Balaban J connectivity index is 4.87. The van der Waals surface area contributed by atoms with Crippen LogP contribution in [0, 0.1) is 0 Å². The molecule has 0 aliphatic carbocycles. The Hall–Kier alpha value is -1.44. The van der Waals surface area contributed by atoms with Crippen LogP contribution in [0.2, 0.25) is 0 Å². The molecule has 0 bridgehead atoms. The van der Waals surface area contributed by atoms with Crippen molar-refractivity contribution in [2.24, 2.45) is 0 Å². The van der Waals surface area contributed by atoms with Gasteiger partial charge in [0, 0.05) is 11.1 Å². The van der Waals surface area contributed by atoms with Crippen molar-refractivity contribution in [1.29, 1.82) is 0 Å². The highest BCUT2D eigenvalue weighted by atomic mass is 16.1. The molecule has 0 aromatic heterocycles. The van der Waals surface area contributed by atoms with Gasteiger partial charge in [-0.1, -0.05) is 32.1 Å². The number of carbonyl (C=O) groups is 2. The summed E-state index contributed by atoms with van der Waals surface area (Å²) in [7, 11) is 0. The monoisotopic (exact) mass is 206 g/mol. The molecule has 15 heavy (non-hydrogen) atoms. The molecule has 0 unspecified atom stereocenters. The van der Waals surface area contributed by atoms with E-state index < -0.39 is 0 Å². The van der Waals surface area contributed by atoms with Crippen molar-refractivity contribution in [3.05, 3.63) is 36.0 Å². The molecule has 0 heterocycles. The fourth-order valence-electron chi connectivity index (χ4n) is 1.15. The molecule has 0 saturated heterocycles. The van der Waals surface area contributed by atoms with Gasteiger partial charge in [0.1, 0.15) is 0 Å². The Morgan fingerprint density at radius 2 is 1.93 bits per heavy atom. The van der Waals surface area contributed by atoms with Gasteiger partial charge in [-0.05, 0) is 26.3 Å². The van der Waals surface area contributed by atoms with Crippen molar-refractivity contribution in [3.63, 3.8) is 0 Å². The van der Waals surface area contributed by atoms with E-state index in [4.69, 9.17) is 0 Å². The lowest BCUT2D eigenvalue weighted by atomic mass is 9.98. The summed E-state index contributed by atoms with van der Waals surface area (Å²) in [4.78, 5) is 22.8. The Kier molecular flexibility index (Phi) is 6.27. The molecule has 2 nitrogen and oxygen atoms in total. The lowest BCUT2D eigenvalue weighted by Gasteiger charge is -2.04. The van der Waals surface area contributed by atoms with E-state index in [9.17, 15) is 9.59 Å². The van der Waals surface area contributed by atoms with Gasteiger partial charge in [0.15, 0.2) is 11.6 Å². The van der Waals surface area contributed by atoms with Crippen LogP contribution in [0.15, 0.2) is 36.0 Å². The third-order valence-corrected chi connectivity index (χ3v) is 1.96. The van der Waals surface area contributed by atoms with Crippen LogP contribution >= 0.6 is 0 Å². The summed E-state index contributed by atoms with van der Waals surface area (Å²) in [5, 5.41) is 0. The Labute approximate surface area is 91.4 Å². The highest BCUT2D eigenvalue weighted by molar-refractivity contribution is 6.15. The van der Waals surface area contributed by atoms with E-state index in [0.29, 0.717) is 5.57 Å². The maximum atomic E-state index is 11.5. The molecule has 0 radical (unpaired) electrons. The van der Waals surface area contributed by atoms with Crippen molar-refractivity contribution in [1.82, 2.24) is 0 Å². The molecule has 0 amide bonds. The van der Waals surface area contributed by atoms with Gasteiger partial charge in [-0.25, -0.2) is 0 Å². The van der Waals surface area contributed by atoms with Crippen molar-refractivity contribution in [2.75, 3.05) is 0 Å². The lowest BCUT2D eigenvalue weighted by Crippen LogP contribution is -2.07. The fraction of sp³-hybridized carbons (Fsp3) is 0.385. The Morgan fingerprint density at radius 1 is 1.33 bits per heavy atom. The van der Waals surface area contributed by atoms with Crippen LogP contribution in [0.4, 0.5) is 0 Å². The van der Waals surface area contributed by atoms with Gasteiger partial charge >= 0.3 is 0 Å². The summed E-state index contributed by atoms with van der Waals surface area (Å²) in [5.41, 5.74) is 0.731. The summed E-state index contributed by atoms with van der Waals surface area (Å²) >= 11 is 0. The first-order valence-electron chi connectivity index (χ1n) is 5.12. The largest absolute Gasteiger partial charge is 0.294 e. The molecule has 2 heteroatoms. The highest BCUT2D eigenvalue weighted by Crippen LogP contribution is 2.12. The van der Waals surface area contributed by atoms with Crippen molar-refractivity contribution in [3.8, 4) is 0 Å². The van der Waals surface area contributed by atoms with Crippen LogP contribution in [0.25, 0.3) is 0 Å². The zero-order valence-corrected chi connectivity index (χ0v) is 9.67. The molecule has 0 aliphatic rings. The predicted molar refractivity (Wildman–Crippen MR) is 62.6 cm³/mol. The fourth-order valence-corrected chi connectivity index (χ4v) is 1.15. The quantitative estimate of drug-likeness (QED) is 0.494. The highest BCUT2D eigenvalue weighted by Gasteiger charge is 2.12. The Bertz CT molecular complexity index is 319. The molecule has 0 aromatic carbocycles. The summed E-state index contributed by atoms with van der Waals surface area (Å²) in [6.45, 7) is 8.89. The van der Waals surface area contributed by atoms with Crippen LogP contribution in [0.3, 0.4) is 0 Å². The van der Waals surface area contributed by atoms with Gasteiger partial charge < -0.3 is 0 Å². The second-order valence-electron chi connectivity index (χ2n) is 3.31. The number of hydrogen-bond donors (Lipinski definition) is 0. The number of rotatable bonds is 6. The molecule has 0 fully saturated rings. The average molecular weight is 206 g/mol. The Morgan fingerprint density at radius 3 is 2.33 bits per heavy atom. The maximum absolute atomic E-state index is 11.5. The normalized spacial score (nSPS) is 11.8. The minimum atomic E-state index is -0.199. The number of carbonyl (C=O) groups excluding carboxylic acids is 2. The van der Waals surface area contributed by atoms with E-state index in [1.54, 1.807) is 19.1 Å². The first-order valence-corrected chi connectivity index (χ1v) is 5.12. The van der Waals surface area contributed by atoms with E-state index in [1.807, 2.05) is 6.92 Å². The van der Waals surface area contributed by atoms with Crippen LogP contribution < -0.4 is 0 Å². The van der Waals surface area contributed by atoms with E-state index in [2.05, 4.69) is 6.58 Å². The molecular formula is C13H18O2. The van der Waals surface area contributed by atoms with Gasteiger partial charge in [0.25, 0.3) is 0 Å². The van der Waals surface area contributed by atoms with E-state index >= 15 is 0 Å². The van der Waals surface area contributed by atoms with Gasteiger partial charge in [0.2, 0.25) is 0 Å². The van der Waals surface area contributed by atoms with Crippen molar-refractivity contribution >= 4 is 11.6 Å². The minimum Gasteiger partial charge on any atom is -0.294 e. The second kappa shape index (κ2) is 6.93. The number of hydrogen-bond acceptors (Lipinski definition) is 2. The van der Waals surface area contributed by atoms with E-state index in [1.165, 1.54) is 13.0 Å². The topological polar surface area (TPSA) is 34.1 Å². The molecular weight excluding hydrogens is 188 g/mol. The van der Waals surface area contributed by atoms with Crippen LogP contribution in [0.5, 0.6) is 0 Å². The molecule has 0 rings (SSSR count). The number of ketones is 2. The average Bonchev–Trinajstić information content (AvgIpc) is 2.18. The summed E-state index contributed by atoms with van der Waals surface area (Å²) in [6.07, 6.45) is 6.58. The number of allylic oxidation sites excluding steroid dienone is 5. The standard InChI is InChI=1S/C13H18O2/c1-5-7-9-12(11(4)14)10(3)13(15)8-6-2/h6,8-9H,3,5,7H2,1-2,4H3/b8-6-,12-9+. The molecule has 0 saturated carbocycles. The van der Waals surface area contributed by atoms with Gasteiger partial charge in [-0.3, -0.25) is 9.59 Å². The zero-order chi connectivity index (χ0) is 11.8. The van der Waals surface area contributed by atoms with Gasteiger partial charge in [0.05, 0.1) is 0 Å². The maximum Gasteiger partial charge on any atom is 0.185 e. The number of Topliss-reactive ketones (excluding diaryl/α,β-unsaturated/α-hetero) is 1. The minimum absolute atomic E-state index is 0.105. The van der Waals surface area contributed by atoms with Gasteiger partial charge in [-0.2, -0.15) is 0 Å².